The molecule has 2 aromatic carbocycles. The van der Waals surface area contributed by atoms with Gasteiger partial charge in [0.05, 0.1) is 19.6 Å². The highest BCUT2D eigenvalue weighted by atomic mass is 16.5. The summed E-state index contributed by atoms with van der Waals surface area (Å²) in [6.07, 6.45) is 2.60. The number of nitrogens with one attached hydrogen (secondary N) is 2. The predicted molar refractivity (Wildman–Crippen MR) is 138 cm³/mol. The average Bonchev–Trinajstić information content (AvgIpc) is 3.20. The number of hydrogen-bond acceptors (Lipinski definition) is 6. The van der Waals surface area contributed by atoms with Gasteiger partial charge in [-0.2, -0.15) is 0 Å². The molecule has 3 heterocycles. The number of aromatic hydroxyl groups is 1. The van der Waals surface area contributed by atoms with E-state index in [0.29, 0.717) is 24.8 Å². The van der Waals surface area contributed by atoms with Gasteiger partial charge >= 0.3 is 0 Å². The van der Waals surface area contributed by atoms with Crippen molar-refractivity contribution in [3.63, 3.8) is 0 Å². The van der Waals surface area contributed by atoms with Gasteiger partial charge in [0.2, 0.25) is 17.7 Å². The van der Waals surface area contributed by atoms with Crippen molar-refractivity contribution in [1.82, 2.24) is 20.1 Å². The lowest BCUT2D eigenvalue weighted by atomic mass is 10.0. The van der Waals surface area contributed by atoms with Gasteiger partial charge in [-0.15, -0.1) is 0 Å². The Balaban J connectivity index is 1.19. The molecule has 3 aromatic rings. The number of aromatic nitrogens is 1. The van der Waals surface area contributed by atoms with Crippen LogP contribution >= 0.6 is 0 Å². The highest BCUT2D eigenvalue weighted by Gasteiger charge is 2.30. The molecule has 1 atom stereocenters. The molecule has 0 bridgehead atoms. The van der Waals surface area contributed by atoms with Crippen LogP contribution in [0.2, 0.25) is 0 Å². The number of carbonyl (C=O) groups excluding carboxylic acids is 3. The van der Waals surface area contributed by atoms with E-state index in [1.54, 1.807) is 12.3 Å². The van der Waals surface area contributed by atoms with Crippen molar-refractivity contribution in [2.24, 2.45) is 0 Å². The Morgan fingerprint density at radius 1 is 1.14 bits per heavy atom. The van der Waals surface area contributed by atoms with Crippen molar-refractivity contribution in [2.45, 2.75) is 45.3 Å². The number of amides is 3. The molecule has 3 N–H and O–H groups in total. The second-order valence-electron chi connectivity index (χ2n) is 9.85. The van der Waals surface area contributed by atoms with E-state index in [1.807, 2.05) is 18.2 Å². The normalized spacial score (nSPS) is 18.7. The Hall–Kier alpha value is -3.69. The van der Waals surface area contributed by atoms with Crippen LogP contribution in [0.5, 0.6) is 5.88 Å². The number of imide groups is 1. The number of aryl methyl sites for hydroxylation is 1. The third-order valence-corrected chi connectivity index (χ3v) is 7.18. The van der Waals surface area contributed by atoms with Gasteiger partial charge < -0.3 is 19.7 Å². The number of fused-ring (bicyclic) bond motifs is 1. The van der Waals surface area contributed by atoms with E-state index in [9.17, 15) is 19.5 Å². The van der Waals surface area contributed by atoms with Gasteiger partial charge in [-0.1, -0.05) is 24.3 Å². The van der Waals surface area contributed by atoms with Gasteiger partial charge in [0.15, 0.2) is 5.88 Å². The standard InChI is InChI=1S/C28H32N4O5/c1-18-12-19(2-4-21(18)16-31-8-10-37-11-9-31)14-26(34)29-15-20-3-5-23-22(13-20)17-32(28(23)36)24-6-7-25(33)30-27(24)35/h2-5,12-13,17,24,36H,6-11,14-16H2,1H3,(H,29,34)(H,30,33,35). The first-order chi connectivity index (χ1) is 17.9. The Morgan fingerprint density at radius 2 is 1.92 bits per heavy atom. The van der Waals surface area contributed by atoms with E-state index in [-0.39, 0.29) is 24.1 Å². The largest absolute Gasteiger partial charge is 0.494 e. The average molecular weight is 505 g/mol. The summed E-state index contributed by atoms with van der Waals surface area (Å²) < 4.78 is 6.94. The smallest absolute Gasteiger partial charge is 0.249 e. The van der Waals surface area contributed by atoms with Crippen LogP contribution in [0.25, 0.3) is 10.8 Å². The van der Waals surface area contributed by atoms with Crippen molar-refractivity contribution in [1.29, 1.82) is 0 Å². The molecular weight excluding hydrogens is 472 g/mol. The summed E-state index contributed by atoms with van der Waals surface area (Å²) in [7, 11) is 0. The monoisotopic (exact) mass is 504 g/mol. The van der Waals surface area contributed by atoms with Crippen molar-refractivity contribution in [3.05, 3.63) is 64.8 Å². The minimum Gasteiger partial charge on any atom is -0.494 e. The molecule has 0 spiro atoms. The zero-order valence-corrected chi connectivity index (χ0v) is 21.0. The first-order valence-electron chi connectivity index (χ1n) is 12.7. The maximum atomic E-state index is 12.6. The van der Waals surface area contributed by atoms with Crippen molar-refractivity contribution in [3.8, 4) is 5.88 Å². The van der Waals surface area contributed by atoms with E-state index in [4.69, 9.17) is 4.74 Å². The highest BCUT2D eigenvalue weighted by Crippen LogP contribution is 2.33. The van der Waals surface area contributed by atoms with Crippen LogP contribution in [0.3, 0.4) is 0 Å². The third-order valence-electron chi connectivity index (χ3n) is 7.18. The van der Waals surface area contributed by atoms with Crippen LogP contribution in [0, 0.1) is 6.92 Å². The van der Waals surface area contributed by atoms with E-state index >= 15 is 0 Å². The maximum absolute atomic E-state index is 12.6. The zero-order chi connectivity index (χ0) is 25.9. The Bertz CT molecular complexity index is 1340. The van der Waals surface area contributed by atoms with Gasteiger partial charge in [-0.25, -0.2) is 0 Å². The summed E-state index contributed by atoms with van der Waals surface area (Å²) in [5.74, 6) is -0.782. The number of benzene rings is 2. The lowest BCUT2D eigenvalue weighted by molar-refractivity contribution is -0.135. The molecule has 1 unspecified atom stereocenters. The van der Waals surface area contributed by atoms with Gasteiger partial charge in [0.1, 0.15) is 6.04 Å². The molecule has 0 aliphatic carbocycles. The minimum atomic E-state index is -0.628. The fourth-order valence-electron chi connectivity index (χ4n) is 5.06. The number of rotatable bonds is 7. The number of carbonyl (C=O) groups is 3. The molecule has 37 heavy (non-hydrogen) atoms. The second kappa shape index (κ2) is 10.7. The number of piperidine rings is 1. The molecule has 5 rings (SSSR count). The summed E-state index contributed by atoms with van der Waals surface area (Å²) in [4.78, 5) is 38.7. The van der Waals surface area contributed by atoms with E-state index in [1.165, 1.54) is 15.7 Å². The molecule has 2 fully saturated rings. The van der Waals surface area contributed by atoms with Crippen molar-refractivity contribution < 1.29 is 24.2 Å². The summed E-state index contributed by atoms with van der Waals surface area (Å²) >= 11 is 0. The quantitative estimate of drug-likeness (QED) is 0.426. The van der Waals surface area contributed by atoms with Crippen LogP contribution in [-0.4, -0.2) is 58.6 Å². The molecule has 2 saturated heterocycles. The van der Waals surface area contributed by atoms with Gasteiger partial charge in [0.25, 0.3) is 0 Å². The Kier molecular flexibility index (Phi) is 7.25. The van der Waals surface area contributed by atoms with E-state index in [0.717, 1.165) is 49.4 Å². The van der Waals surface area contributed by atoms with Gasteiger partial charge in [-0.05, 0) is 47.7 Å². The summed E-state index contributed by atoms with van der Waals surface area (Å²) in [6.45, 7) is 6.77. The molecule has 3 amide bonds. The molecule has 194 valence electrons. The summed E-state index contributed by atoms with van der Waals surface area (Å²) in [6, 6.07) is 11.1. The van der Waals surface area contributed by atoms with Crippen LogP contribution < -0.4 is 10.6 Å². The number of ether oxygens (including phenoxy) is 1. The summed E-state index contributed by atoms with van der Waals surface area (Å²) in [5.41, 5.74) is 4.31. The topological polar surface area (TPSA) is 113 Å². The van der Waals surface area contributed by atoms with Crippen LogP contribution in [0.4, 0.5) is 0 Å². The molecule has 9 heteroatoms. The van der Waals surface area contributed by atoms with Crippen LogP contribution in [-0.2, 0) is 38.6 Å². The first kappa shape index (κ1) is 25.0. The van der Waals surface area contributed by atoms with Crippen molar-refractivity contribution in [2.75, 3.05) is 26.3 Å². The minimum absolute atomic E-state index is 0.00692. The highest BCUT2D eigenvalue weighted by molar-refractivity contribution is 6.00. The lowest BCUT2D eigenvalue weighted by Crippen LogP contribution is -2.41. The van der Waals surface area contributed by atoms with Crippen LogP contribution in [0.15, 0.2) is 42.6 Å². The summed E-state index contributed by atoms with van der Waals surface area (Å²) in [5, 5.41) is 17.3. The number of morpholine rings is 1. The molecule has 0 radical (unpaired) electrons. The fourth-order valence-corrected chi connectivity index (χ4v) is 5.06. The van der Waals surface area contributed by atoms with Gasteiger partial charge in [-0.3, -0.25) is 24.6 Å². The lowest BCUT2D eigenvalue weighted by Gasteiger charge is -2.27. The Morgan fingerprint density at radius 3 is 2.68 bits per heavy atom. The molecular formula is C28H32N4O5. The predicted octanol–water partition coefficient (Wildman–Crippen LogP) is 2.32. The van der Waals surface area contributed by atoms with Crippen molar-refractivity contribution >= 4 is 28.5 Å². The van der Waals surface area contributed by atoms with E-state index in [2.05, 4.69) is 34.6 Å². The molecule has 0 saturated carbocycles. The van der Waals surface area contributed by atoms with Crippen LogP contribution in [0.1, 0.15) is 41.1 Å². The molecule has 9 nitrogen and oxygen atoms in total. The molecule has 2 aliphatic heterocycles. The second-order valence-corrected chi connectivity index (χ2v) is 9.85. The molecule has 1 aromatic heterocycles. The maximum Gasteiger partial charge on any atom is 0.249 e. The SMILES string of the molecule is Cc1cc(CC(=O)NCc2ccc3c(O)n(C4CCC(=O)NC4=O)cc3c2)ccc1CN1CCOCC1. The fraction of sp³-hybridized carbons (Fsp3) is 0.393. The Labute approximate surface area is 215 Å². The molecule has 2 aliphatic rings. The first-order valence-corrected chi connectivity index (χ1v) is 12.7. The number of nitrogens with zero attached hydrogens (tertiary/aromatic N) is 2. The van der Waals surface area contributed by atoms with Gasteiger partial charge in [0, 0.05) is 49.6 Å². The van der Waals surface area contributed by atoms with E-state index < -0.39 is 11.9 Å². The number of hydrogen-bond donors (Lipinski definition) is 3. The third kappa shape index (κ3) is 5.68. The zero-order valence-electron chi connectivity index (χ0n) is 21.0.